The Hall–Kier alpha value is -0.320. The lowest BCUT2D eigenvalue weighted by atomic mass is 10.4. The molecule has 0 bridgehead atoms. The molecule has 0 saturated heterocycles. The van der Waals surface area contributed by atoms with Crippen LogP contribution in [0.2, 0.25) is 0 Å². The number of hydrogen-bond donors (Lipinski definition) is 0. The monoisotopic (exact) mass is 343 g/mol. The average Bonchev–Trinajstić information content (AvgIpc) is 2.25. The van der Waals surface area contributed by atoms with Gasteiger partial charge in [0, 0.05) is 20.0 Å². The average molecular weight is 345 g/mol. The van der Waals surface area contributed by atoms with Crippen LogP contribution in [0.3, 0.4) is 0 Å². The van der Waals surface area contributed by atoms with Crippen molar-refractivity contribution in [3.8, 4) is 0 Å². The van der Waals surface area contributed by atoms with Crippen molar-refractivity contribution in [3.63, 3.8) is 0 Å². The molecule has 1 aromatic heterocycles. The van der Waals surface area contributed by atoms with Gasteiger partial charge in [-0.1, -0.05) is 27.7 Å². The van der Waals surface area contributed by atoms with Gasteiger partial charge >= 0.3 is 0 Å². The number of hydrogen-bond acceptors (Lipinski definition) is 2. The van der Waals surface area contributed by atoms with Crippen LogP contribution in [0.1, 0.15) is 0 Å². The van der Waals surface area contributed by atoms with Crippen molar-refractivity contribution < 1.29 is 0 Å². The molecule has 0 fully saturated rings. The highest BCUT2D eigenvalue weighted by molar-refractivity contribution is 9.10. The number of rotatable bonds is 2. The molecule has 1 nitrogen and oxygen atoms in total. The van der Waals surface area contributed by atoms with Gasteiger partial charge in [-0.15, -0.1) is 0 Å². The van der Waals surface area contributed by atoms with Crippen LogP contribution in [0.25, 0.3) is 0 Å². The molecule has 0 aliphatic carbocycles. The first-order valence-corrected chi connectivity index (χ1v) is 6.69. The smallest absolute Gasteiger partial charge is 0.101 e. The van der Waals surface area contributed by atoms with Crippen LogP contribution in [0, 0.1) is 0 Å². The van der Waals surface area contributed by atoms with Gasteiger partial charge in [-0.2, -0.15) is 0 Å². The molecule has 0 amide bonds. The van der Waals surface area contributed by atoms with Crippen molar-refractivity contribution in [2.24, 2.45) is 0 Å². The third kappa shape index (κ3) is 3.33. The van der Waals surface area contributed by atoms with Crippen molar-refractivity contribution in [2.75, 3.05) is 0 Å². The molecule has 0 atom stereocenters. The lowest BCUT2D eigenvalue weighted by Gasteiger charge is -2.00. The number of benzene rings is 1. The number of nitrogens with zero attached hydrogens (tertiary/aromatic N) is 1. The maximum Gasteiger partial charge on any atom is 0.101 e. The van der Waals surface area contributed by atoms with Crippen molar-refractivity contribution in [1.29, 1.82) is 0 Å². The van der Waals surface area contributed by atoms with Gasteiger partial charge in [0.05, 0.1) is 0 Å². The zero-order chi connectivity index (χ0) is 10.7. The Balaban J connectivity index is 2.15. The van der Waals surface area contributed by atoms with E-state index in [4.69, 9.17) is 0 Å². The van der Waals surface area contributed by atoms with E-state index in [-0.39, 0.29) is 0 Å². The fourth-order valence-corrected chi connectivity index (χ4v) is 2.30. The van der Waals surface area contributed by atoms with Crippen molar-refractivity contribution in [1.82, 2.24) is 4.98 Å². The van der Waals surface area contributed by atoms with Gasteiger partial charge in [0.25, 0.3) is 0 Å². The Morgan fingerprint density at radius 1 is 0.867 bits per heavy atom. The van der Waals surface area contributed by atoms with E-state index in [0.717, 1.165) is 14.0 Å². The maximum atomic E-state index is 4.30. The molecule has 0 radical (unpaired) electrons. The summed E-state index contributed by atoms with van der Waals surface area (Å²) in [6.07, 6.45) is 1.81. The summed E-state index contributed by atoms with van der Waals surface area (Å²) in [6, 6.07) is 12.2. The van der Waals surface area contributed by atoms with Crippen LogP contribution in [0.4, 0.5) is 0 Å². The molecule has 0 unspecified atom stereocenters. The number of pyridine rings is 1. The largest absolute Gasteiger partial charge is 0.248 e. The second-order valence-corrected chi connectivity index (χ2v) is 5.80. The molecule has 76 valence electrons. The maximum absolute atomic E-state index is 4.30. The second kappa shape index (κ2) is 5.14. The molecule has 2 aromatic rings. The predicted octanol–water partition coefficient (Wildman–Crippen LogP) is 4.76. The minimum Gasteiger partial charge on any atom is -0.248 e. The first-order valence-electron chi connectivity index (χ1n) is 4.29. The summed E-state index contributed by atoms with van der Waals surface area (Å²) in [6.45, 7) is 0. The number of halogens is 2. The summed E-state index contributed by atoms with van der Waals surface area (Å²) in [4.78, 5) is 5.49. The fourth-order valence-electron chi connectivity index (χ4n) is 1.05. The van der Waals surface area contributed by atoms with E-state index in [1.54, 1.807) is 18.0 Å². The number of aromatic nitrogens is 1. The van der Waals surface area contributed by atoms with Gasteiger partial charge in [0.1, 0.15) is 5.03 Å². The van der Waals surface area contributed by atoms with Crippen molar-refractivity contribution in [3.05, 3.63) is 51.5 Å². The van der Waals surface area contributed by atoms with E-state index in [2.05, 4.69) is 49.0 Å². The SMILES string of the molecule is Brc1ccc(Sc2ccc(Br)cn2)cc1. The third-order valence-electron chi connectivity index (χ3n) is 1.74. The van der Waals surface area contributed by atoms with E-state index >= 15 is 0 Å². The highest BCUT2D eigenvalue weighted by atomic mass is 79.9. The Morgan fingerprint density at radius 3 is 2.13 bits per heavy atom. The Kier molecular flexibility index (Phi) is 3.83. The standard InChI is InChI=1S/C11H7Br2NS/c12-8-1-4-10(5-2-8)15-11-6-3-9(13)7-14-11/h1-7H. The van der Waals surface area contributed by atoms with Crippen molar-refractivity contribution in [2.45, 2.75) is 9.92 Å². The zero-order valence-corrected chi connectivity index (χ0v) is 11.6. The molecule has 1 aromatic carbocycles. The zero-order valence-electron chi connectivity index (χ0n) is 7.65. The van der Waals surface area contributed by atoms with Crippen LogP contribution < -0.4 is 0 Å². The van der Waals surface area contributed by atoms with Crippen LogP contribution in [0.5, 0.6) is 0 Å². The minimum atomic E-state index is 1.00. The lowest BCUT2D eigenvalue weighted by molar-refractivity contribution is 1.12. The predicted molar refractivity (Wildman–Crippen MR) is 70.2 cm³/mol. The lowest BCUT2D eigenvalue weighted by Crippen LogP contribution is -1.78. The van der Waals surface area contributed by atoms with Crippen LogP contribution in [-0.2, 0) is 0 Å². The molecule has 0 N–H and O–H groups in total. The molecule has 15 heavy (non-hydrogen) atoms. The van der Waals surface area contributed by atoms with E-state index in [9.17, 15) is 0 Å². The molecule has 0 aliphatic rings. The second-order valence-electron chi connectivity index (χ2n) is 2.87. The van der Waals surface area contributed by atoms with E-state index in [0.29, 0.717) is 0 Å². The first-order chi connectivity index (χ1) is 7.24. The topological polar surface area (TPSA) is 12.9 Å². The summed E-state index contributed by atoms with van der Waals surface area (Å²) >= 11 is 8.42. The highest BCUT2D eigenvalue weighted by Gasteiger charge is 1.98. The van der Waals surface area contributed by atoms with Gasteiger partial charge in [-0.3, -0.25) is 0 Å². The molecule has 0 aliphatic heterocycles. The third-order valence-corrected chi connectivity index (χ3v) is 3.69. The Labute approximate surface area is 110 Å². The van der Waals surface area contributed by atoms with Gasteiger partial charge in [-0.05, 0) is 52.3 Å². The van der Waals surface area contributed by atoms with Gasteiger partial charge < -0.3 is 0 Å². The summed E-state index contributed by atoms with van der Waals surface area (Å²) in [7, 11) is 0. The van der Waals surface area contributed by atoms with Crippen molar-refractivity contribution >= 4 is 43.6 Å². The molecule has 1 heterocycles. The highest BCUT2D eigenvalue weighted by Crippen LogP contribution is 2.27. The van der Waals surface area contributed by atoms with Crippen LogP contribution in [-0.4, -0.2) is 4.98 Å². The van der Waals surface area contributed by atoms with E-state index in [1.165, 1.54) is 4.90 Å². The Morgan fingerprint density at radius 2 is 1.53 bits per heavy atom. The molecule has 0 saturated carbocycles. The molecule has 2 rings (SSSR count). The minimum absolute atomic E-state index is 1.00. The normalized spacial score (nSPS) is 10.3. The van der Waals surface area contributed by atoms with Crippen LogP contribution >= 0.6 is 43.6 Å². The quantitative estimate of drug-likeness (QED) is 0.779. The van der Waals surface area contributed by atoms with E-state index < -0.39 is 0 Å². The van der Waals surface area contributed by atoms with Crippen LogP contribution in [0.15, 0.2) is 61.5 Å². The fraction of sp³-hybridized carbons (Fsp3) is 0. The molecule has 4 heteroatoms. The van der Waals surface area contributed by atoms with Gasteiger partial charge in [0.15, 0.2) is 0 Å². The molecular weight excluding hydrogens is 338 g/mol. The van der Waals surface area contributed by atoms with Gasteiger partial charge in [0.2, 0.25) is 0 Å². The molecular formula is C11H7Br2NS. The Bertz CT molecular complexity index is 396. The first kappa shape index (κ1) is 11.2. The summed E-state index contributed by atoms with van der Waals surface area (Å²) in [5, 5.41) is 1.00. The van der Waals surface area contributed by atoms with E-state index in [1.807, 2.05) is 24.3 Å². The summed E-state index contributed by atoms with van der Waals surface area (Å²) in [5.41, 5.74) is 0. The van der Waals surface area contributed by atoms with Gasteiger partial charge in [-0.25, -0.2) is 4.98 Å². The summed E-state index contributed by atoms with van der Waals surface area (Å²) in [5.74, 6) is 0. The summed E-state index contributed by atoms with van der Waals surface area (Å²) < 4.78 is 2.10. The molecule has 0 spiro atoms.